The van der Waals surface area contributed by atoms with Gasteiger partial charge in [-0.05, 0) is 37.6 Å². The van der Waals surface area contributed by atoms with Gasteiger partial charge in [0.15, 0.2) is 0 Å². The van der Waals surface area contributed by atoms with Gasteiger partial charge in [0.1, 0.15) is 0 Å². The van der Waals surface area contributed by atoms with E-state index in [2.05, 4.69) is 28.2 Å². The minimum Gasteiger partial charge on any atom is -0.383 e. The molecule has 0 radical (unpaired) electrons. The van der Waals surface area contributed by atoms with Gasteiger partial charge in [-0.3, -0.25) is 9.67 Å². The van der Waals surface area contributed by atoms with Crippen molar-refractivity contribution in [3.8, 4) is 11.4 Å². The van der Waals surface area contributed by atoms with Crippen LogP contribution in [0.2, 0.25) is 0 Å². The Balaban J connectivity index is 1.76. The van der Waals surface area contributed by atoms with Gasteiger partial charge >= 0.3 is 0 Å². The first-order valence-electron chi connectivity index (χ1n) is 7.94. The Bertz CT molecular complexity index is 610. The van der Waals surface area contributed by atoms with Gasteiger partial charge < -0.3 is 9.64 Å². The molecular formula is C17H24N4O. The molecule has 2 aromatic rings. The molecule has 0 N–H and O–H groups in total. The molecule has 3 heterocycles. The highest BCUT2D eigenvalue weighted by Gasteiger charge is 2.22. The number of likely N-dealkylation sites (tertiary alicyclic amines) is 1. The minimum absolute atomic E-state index is 0.513. The highest BCUT2D eigenvalue weighted by Crippen LogP contribution is 2.27. The second-order valence-corrected chi connectivity index (χ2v) is 5.92. The third-order valence-electron chi connectivity index (χ3n) is 4.39. The molecule has 5 heteroatoms. The fraction of sp³-hybridized carbons (Fsp3) is 0.529. The van der Waals surface area contributed by atoms with E-state index in [4.69, 9.17) is 9.72 Å². The highest BCUT2D eigenvalue weighted by molar-refractivity contribution is 5.54. The highest BCUT2D eigenvalue weighted by atomic mass is 16.5. The average Bonchev–Trinajstić information content (AvgIpc) is 2.99. The number of aromatic nitrogens is 3. The number of aryl methyl sites for hydroxylation is 1. The molecule has 5 nitrogen and oxygen atoms in total. The van der Waals surface area contributed by atoms with Crippen LogP contribution in [0.4, 0.5) is 0 Å². The number of rotatable bonds is 5. The van der Waals surface area contributed by atoms with Crippen LogP contribution >= 0.6 is 0 Å². The summed E-state index contributed by atoms with van der Waals surface area (Å²) in [7, 11) is 3.72. The number of nitrogens with zero attached hydrogens (tertiary/aromatic N) is 4. The summed E-state index contributed by atoms with van der Waals surface area (Å²) in [6, 6.07) is 8.34. The van der Waals surface area contributed by atoms with Gasteiger partial charge in [-0.15, -0.1) is 0 Å². The summed E-state index contributed by atoms with van der Waals surface area (Å²) in [5, 5.41) is 4.24. The van der Waals surface area contributed by atoms with E-state index in [-0.39, 0.29) is 0 Å². The number of hydrogen-bond acceptors (Lipinski definition) is 4. The van der Waals surface area contributed by atoms with Crippen LogP contribution in [0.15, 0.2) is 30.5 Å². The van der Waals surface area contributed by atoms with Crippen LogP contribution in [0.1, 0.15) is 24.5 Å². The van der Waals surface area contributed by atoms with E-state index in [9.17, 15) is 0 Å². The smallest absolute Gasteiger partial charge is 0.0886 e. The Kier molecular flexibility index (Phi) is 4.85. The summed E-state index contributed by atoms with van der Waals surface area (Å²) in [4.78, 5) is 7.38. The maximum absolute atomic E-state index is 5.20. The SMILES string of the molecule is COCCN1CCC[C@@H](c2cccc(-c3ccnn3C)n2)C1. The zero-order valence-electron chi connectivity index (χ0n) is 13.4. The van der Waals surface area contributed by atoms with Crippen LogP contribution in [0.3, 0.4) is 0 Å². The summed E-state index contributed by atoms with van der Waals surface area (Å²) < 4.78 is 7.07. The van der Waals surface area contributed by atoms with Gasteiger partial charge in [0.05, 0.1) is 18.0 Å². The van der Waals surface area contributed by atoms with Crippen molar-refractivity contribution in [2.75, 3.05) is 33.4 Å². The van der Waals surface area contributed by atoms with Gasteiger partial charge in [-0.1, -0.05) is 6.07 Å². The van der Waals surface area contributed by atoms with Crippen molar-refractivity contribution in [1.29, 1.82) is 0 Å². The van der Waals surface area contributed by atoms with Gasteiger partial charge in [0.2, 0.25) is 0 Å². The largest absolute Gasteiger partial charge is 0.383 e. The van der Waals surface area contributed by atoms with Crippen LogP contribution in [-0.4, -0.2) is 53.0 Å². The Morgan fingerprint density at radius 3 is 3.00 bits per heavy atom. The molecule has 1 aliphatic heterocycles. The second kappa shape index (κ2) is 7.03. The predicted molar refractivity (Wildman–Crippen MR) is 86.7 cm³/mol. The van der Waals surface area contributed by atoms with Crippen molar-refractivity contribution in [3.63, 3.8) is 0 Å². The van der Waals surface area contributed by atoms with Gasteiger partial charge in [0, 0.05) is 45.1 Å². The van der Waals surface area contributed by atoms with Crippen molar-refractivity contribution in [1.82, 2.24) is 19.7 Å². The second-order valence-electron chi connectivity index (χ2n) is 5.92. The molecule has 0 bridgehead atoms. The average molecular weight is 300 g/mol. The fourth-order valence-electron chi connectivity index (χ4n) is 3.17. The van der Waals surface area contributed by atoms with E-state index < -0.39 is 0 Å². The third kappa shape index (κ3) is 3.36. The first kappa shape index (κ1) is 15.2. The normalized spacial score (nSPS) is 19.5. The van der Waals surface area contributed by atoms with Crippen molar-refractivity contribution in [2.45, 2.75) is 18.8 Å². The summed E-state index contributed by atoms with van der Waals surface area (Å²) in [6.07, 6.45) is 4.26. The van der Waals surface area contributed by atoms with Crippen molar-refractivity contribution in [3.05, 3.63) is 36.2 Å². The summed E-state index contributed by atoms with van der Waals surface area (Å²) in [5.74, 6) is 0.513. The van der Waals surface area contributed by atoms with Crippen LogP contribution in [0.5, 0.6) is 0 Å². The molecule has 0 aromatic carbocycles. The van der Waals surface area contributed by atoms with E-state index in [1.807, 2.05) is 24.0 Å². The molecule has 1 saturated heterocycles. The van der Waals surface area contributed by atoms with E-state index in [1.165, 1.54) is 25.1 Å². The number of ether oxygens (including phenoxy) is 1. The molecule has 1 fully saturated rings. The van der Waals surface area contributed by atoms with E-state index in [1.54, 1.807) is 7.11 Å². The monoisotopic (exact) mass is 300 g/mol. The van der Waals surface area contributed by atoms with Gasteiger partial charge in [-0.2, -0.15) is 5.10 Å². The molecule has 0 saturated carbocycles. The molecule has 0 amide bonds. The zero-order chi connectivity index (χ0) is 15.4. The minimum atomic E-state index is 0.513. The van der Waals surface area contributed by atoms with Crippen molar-refractivity contribution < 1.29 is 4.74 Å². The first-order chi connectivity index (χ1) is 10.8. The molecule has 0 unspecified atom stereocenters. The van der Waals surface area contributed by atoms with E-state index in [0.717, 1.165) is 31.1 Å². The molecule has 3 rings (SSSR count). The summed E-state index contributed by atoms with van der Waals surface area (Å²) in [6.45, 7) is 4.05. The lowest BCUT2D eigenvalue weighted by Gasteiger charge is -2.32. The summed E-state index contributed by atoms with van der Waals surface area (Å²) >= 11 is 0. The lowest BCUT2D eigenvalue weighted by atomic mass is 9.94. The molecular weight excluding hydrogens is 276 g/mol. The quantitative estimate of drug-likeness (QED) is 0.850. The Labute approximate surface area is 131 Å². The lowest BCUT2D eigenvalue weighted by molar-refractivity contribution is 0.127. The molecule has 2 aromatic heterocycles. The standard InChI is InChI=1S/C17H24N4O/c1-20-17(8-9-18-20)16-7-3-6-15(19-16)14-5-4-10-21(13-14)11-12-22-2/h3,6-9,14H,4-5,10-13H2,1-2H3/t14-/m1/s1. The third-order valence-corrected chi connectivity index (χ3v) is 4.39. The Morgan fingerprint density at radius 1 is 1.32 bits per heavy atom. The maximum Gasteiger partial charge on any atom is 0.0886 e. The maximum atomic E-state index is 5.20. The molecule has 0 spiro atoms. The molecule has 1 atom stereocenters. The Hall–Kier alpha value is -1.72. The van der Waals surface area contributed by atoms with Gasteiger partial charge in [0.25, 0.3) is 0 Å². The number of hydrogen-bond donors (Lipinski definition) is 0. The van der Waals surface area contributed by atoms with Crippen LogP contribution in [0, 0.1) is 0 Å². The van der Waals surface area contributed by atoms with E-state index >= 15 is 0 Å². The molecule has 22 heavy (non-hydrogen) atoms. The number of pyridine rings is 1. The van der Waals surface area contributed by atoms with Crippen LogP contribution < -0.4 is 0 Å². The van der Waals surface area contributed by atoms with Crippen LogP contribution in [0.25, 0.3) is 11.4 Å². The topological polar surface area (TPSA) is 43.2 Å². The van der Waals surface area contributed by atoms with Crippen molar-refractivity contribution in [2.24, 2.45) is 7.05 Å². The number of methoxy groups -OCH3 is 1. The molecule has 0 aliphatic carbocycles. The number of piperidine rings is 1. The van der Waals surface area contributed by atoms with E-state index in [0.29, 0.717) is 5.92 Å². The predicted octanol–water partition coefficient (Wildman–Crippen LogP) is 2.31. The molecule has 1 aliphatic rings. The van der Waals surface area contributed by atoms with Crippen LogP contribution in [-0.2, 0) is 11.8 Å². The van der Waals surface area contributed by atoms with Crippen molar-refractivity contribution >= 4 is 0 Å². The summed E-state index contributed by atoms with van der Waals surface area (Å²) in [5.41, 5.74) is 3.27. The molecule has 118 valence electrons. The fourth-order valence-corrected chi connectivity index (χ4v) is 3.17. The Morgan fingerprint density at radius 2 is 2.23 bits per heavy atom. The zero-order valence-corrected chi connectivity index (χ0v) is 13.4. The first-order valence-corrected chi connectivity index (χ1v) is 7.94. The lowest BCUT2D eigenvalue weighted by Crippen LogP contribution is -2.36. The van der Waals surface area contributed by atoms with Gasteiger partial charge in [-0.25, -0.2) is 0 Å².